The highest BCUT2D eigenvalue weighted by Gasteiger charge is 2.48. The Labute approximate surface area is 423 Å². The van der Waals surface area contributed by atoms with E-state index in [0.717, 1.165) is 18.7 Å². The van der Waals surface area contributed by atoms with Gasteiger partial charge in [-0.25, -0.2) is 0 Å². The lowest BCUT2D eigenvalue weighted by molar-refractivity contribution is 0.590. The largest absolute Gasteiger partial charge is 0.355 e. The first-order valence-corrected chi connectivity index (χ1v) is 28.9. The van der Waals surface area contributed by atoms with Crippen molar-refractivity contribution in [2.24, 2.45) is 0 Å². The summed E-state index contributed by atoms with van der Waals surface area (Å²) < 4.78 is 5.36. The highest BCUT2D eigenvalue weighted by atomic mass is 32.1. The minimum absolute atomic E-state index is 0.0301. The Morgan fingerprint density at radius 3 is 2.03 bits per heavy atom. The lowest BCUT2D eigenvalue weighted by atomic mass is 9.57. The maximum atomic E-state index is 4.13. The molecule has 1 aliphatic carbocycles. The third-order valence-electron chi connectivity index (χ3n) is 17.0. The first-order chi connectivity index (χ1) is 34.1. The molecule has 0 saturated carbocycles. The molecule has 3 aliphatic rings. The summed E-state index contributed by atoms with van der Waals surface area (Å²) in [6, 6.07) is 66.1. The number of anilines is 2. The molecule has 9 aromatic carbocycles. The average molecular weight is 949 g/mol. The Morgan fingerprint density at radius 1 is 0.563 bits per heavy atom. The second kappa shape index (κ2) is 14.6. The predicted molar refractivity (Wildman–Crippen MR) is 313 cm³/mol. The van der Waals surface area contributed by atoms with E-state index >= 15 is 0 Å². The van der Waals surface area contributed by atoms with Crippen LogP contribution >= 0.6 is 11.3 Å². The summed E-state index contributed by atoms with van der Waals surface area (Å²) in [4.78, 5) is 0. The number of aromatic nitrogens is 1. The summed E-state index contributed by atoms with van der Waals surface area (Å²) >= 11 is 1.92. The van der Waals surface area contributed by atoms with Crippen molar-refractivity contribution in [3.63, 3.8) is 0 Å². The monoisotopic (exact) mass is 948 g/mol. The second-order valence-corrected chi connectivity index (χ2v) is 28.4. The van der Waals surface area contributed by atoms with Crippen LogP contribution in [0.25, 0.3) is 81.0 Å². The van der Waals surface area contributed by atoms with Crippen LogP contribution in [-0.4, -0.2) is 19.9 Å². The molecule has 0 saturated heterocycles. The van der Waals surface area contributed by atoms with Gasteiger partial charge < -0.3 is 9.88 Å². The number of nitrogens with zero attached hydrogens (tertiary/aromatic N) is 1. The molecule has 1 atom stereocenters. The van der Waals surface area contributed by atoms with Crippen LogP contribution in [0.1, 0.15) is 77.6 Å². The van der Waals surface area contributed by atoms with Gasteiger partial charge in [0.1, 0.15) is 8.07 Å². The quantitative estimate of drug-likeness (QED) is 0.174. The molecular weight excluding hydrogens is 892 g/mol. The van der Waals surface area contributed by atoms with Crippen LogP contribution in [0.2, 0.25) is 6.55 Å². The fourth-order valence-electron chi connectivity index (χ4n) is 13.3. The summed E-state index contributed by atoms with van der Waals surface area (Å²) in [5.41, 5.74) is 22.6. The van der Waals surface area contributed by atoms with Crippen molar-refractivity contribution in [1.82, 2.24) is 4.57 Å². The van der Waals surface area contributed by atoms with Crippen molar-refractivity contribution in [2.45, 2.75) is 78.2 Å². The Morgan fingerprint density at radius 2 is 1.25 bits per heavy atom. The highest BCUT2D eigenvalue weighted by Crippen LogP contribution is 2.52. The number of benzene rings is 9. The van der Waals surface area contributed by atoms with Crippen LogP contribution in [-0.2, 0) is 16.2 Å². The van der Waals surface area contributed by atoms with Crippen molar-refractivity contribution >= 4 is 107 Å². The zero-order chi connectivity index (χ0) is 48.5. The van der Waals surface area contributed by atoms with E-state index in [9.17, 15) is 0 Å². The van der Waals surface area contributed by atoms with E-state index < -0.39 is 8.07 Å². The highest BCUT2D eigenvalue weighted by molar-refractivity contribution is 7.25. The molecule has 2 nitrogen and oxygen atoms in total. The third-order valence-corrected chi connectivity index (χ3v) is 22.6. The number of fused-ring (bicyclic) bond motifs is 15. The van der Waals surface area contributed by atoms with E-state index in [-0.39, 0.29) is 16.2 Å². The van der Waals surface area contributed by atoms with Gasteiger partial charge >= 0.3 is 0 Å². The van der Waals surface area contributed by atoms with Gasteiger partial charge in [0, 0.05) is 64.5 Å². The van der Waals surface area contributed by atoms with Gasteiger partial charge in [0.2, 0.25) is 0 Å². The van der Waals surface area contributed by atoms with E-state index in [1.165, 1.54) is 125 Å². The van der Waals surface area contributed by atoms with Crippen molar-refractivity contribution in [2.75, 3.05) is 5.32 Å². The summed E-state index contributed by atoms with van der Waals surface area (Å²) in [6.07, 6.45) is 0. The molecule has 1 unspecified atom stereocenters. The molecular formula is C66H57BN2SSi. The Kier molecular flexibility index (Phi) is 8.82. The van der Waals surface area contributed by atoms with Gasteiger partial charge in [-0.15, -0.1) is 11.3 Å². The molecule has 5 heteroatoms. The first kappa shape index (κ1) is 42.9. The lowest BCUT2D eigenvalue weighted by Gasteiger charge is -2.31. The molecule has 0 bridgehead atoms. The molecule has 4 heterocycles. The van der Waals surface area contributed by atoms with Gasteiger partial charge in [0.15, 0.2) is 7.28 Å². The fraction of sp³-hybridized carbons (Fsp3) is 0.182. The molecule has 0 fully saturated rings. The minimum Gasteiger partial charge on any atom is -0.355 e. The summed E-state index contributed by atoms with van der Waals surface area (Å²) in [7, 11) is -1.89. The Balaban J connectivity index is 1.18. The van der Waals surface area contributed by atoms with Crippen LogP contribution in [0.15, 0.2) is 170 Å². The number of rotatable bonds is 4. The molecule has 0 spiro atoms. The topological polar surface area (TPSA) is 17.0 Å². The fourth-order valence-corrected chi connectivity index (χ4v) is 18.8. The average Bonchev–Trinajstić information content (AvgIpc) is 4.05. The third kappa shape index (κ3) is 5.94. The van der Waals surface area contributed by atoms with Crippen molar-refractivity contribution in [1.29, 1.82) is 0 Å². The second-order valence-electron chi connectivity index (χ2n) is 23.5. The molecule has 71 heavy (non-hydrogen) atoms. The van der Waals surface area contributed by atoms with Crippen molar-refractivity contribution in [3.8, 4) is 39.1 Å². The van der Waals surface area contributed by atoms with Gasteiger partial charge in [-0.2, -0.15) is 0 Å². The van der Waals surface area contributed by atoms with Crippen molar-refractivity contribution in [3.05, 3.63) is 192 Å². The minimum atomic E-state index is -2.71. The van der Waals surface area contributed by atoms with Gasteiger partial charge in [-0.1, -0.05) is 189 Å². The first-order valence-electron chi connectivity index (χ1n) is 25.5. The lowest BCUT2D eigenvalue weighted by Crippen LogP contribution is -2.62. The van der Waals surface area contributed by atoms with Crippen LogP contribution in [0.4, 0.5) is 11.4 Å². The standard InChI is InChI=1S/C66H57BN2SSi/c1-64(2,3)38-27-30-40(31-28-38)68-52-35-46-43-22-14-17-25-55(43)70-56(46)36-47(52)58-59-44-23-15-18-26-57(44)71(9,41-19-11-10-12-20-41)63(59)60-48-33-39(65(4,5)6)29-32-53(48)69-54-37-50-45(34-51(54)67-61(58)62(60)69)42-21-13-16-24-49(42)66(50,7)8/h10-37,67-68H,1-9H3. The predicted octanol–water partition coefficient (Wildman–Crippen LogP) is 14.2. The summed E-state index contributed by atoms with van der Waals surface area (Å²) in [6.45, 7) is 21.5. The molecule has 1 N–H and O–H groups in total. The van der Waals surface area contributed by atoms with E-state index in [4.69, 9.17) is 0 Å². The van der Waals surface area contributed by atoms with E-state index in [1.54, 1.807) is 5.19 Å². The van der Waals surface area contributed by atoms with Crippen LogP contribution in [0.3, 0.4) is 0 Å². The normalized spacial score (nSPS) is 16.2. The van der Waals surface area contributed by atoms with E-state index in [1.807, 2.05) is 11.3 Å². The molecule has 2 aliphatic heterocycles. The molecule has 0 radical (unpaired) electrons. The molecule has 11 aromatic rings. The Bertz CT molecular complexity index is 4100. The number of thiophene rings is 1. The number of hydrogen-bond acceptors (Lipinski definition) is 2. The van der Waals surface area contributed by atoms with Gasteiger partial charge in [-0.3, -0.25) is 0 Å². The number of nitrogens with one attached hydrogen (secondary N) is 1. The van der Waals surface area contributed by atoms with Gasteiger partial charge in [-0.05, 0) is 130 Å². The zero-order valence-corrected chi connectivity index (χ0v) is 44.0. The maximum absolute atomic E-state index is 4.13. The SMILES string of the molecule is CC(C)(C)c1ccc(Nc2cc3c(cc2-c2c4c(c5c6cc(C(C)(C)C)ccc6n6c5c2Bc2cc5c(cc2-6)C(C)(C)c2ccccc2-5)[Si](C)(c2ccccc2)c2ccccc2-4)sc2ccccc23)cc1. The van der Waals surface area contributed by atoms with Gasteiger partial charge in [0.25, 0.3) is 0 Å². The smallest absolute Gasteiger partial charge is 0.198 e. The maximum Gasteiger partial charge on any atom is 0.198 e. The summed E-state index contributed by atoms with van der Waals surface area (Å²) in [5.74, 6) is 0. The molecule has 0 amide bonds. The summed E-state index contributed by atoms with van der Waals surface area (Å²) in [5, 5.41) is 14.0. The molecule has 2 aromatic heterocycles. The van der Waals surface area contributed by atoms with Gasteiger partial charge in [0.05, 0.1) is 5.52 Å². The molecule has 344 valence electrons. The zero-order valence-electron chi connectivity index (χ0n) is 42.2. The Hall–Kier alpha value is -6.92. The van der Waals surface area contributed by atoms with Crippen molar-refractivity contribution < 1.29 is 0 Å². The molecule has 14 rings (SSSR count). The van der Waals surface area contributed by atoms with Crippen LogP contribution in [0, 0.1) is 0 Å². The number of hydrogen-bond donors (Lipinski definition) is 1. The van der Waals surface area contributed by atoms with Crippen LogP contribution in [0.5, 0.6) is 0 Å². The van der Waals surface area contributed by atoms with E-state index in [0.29, 0.717) is 0 Å². The van der Waals surface area contributed by atoms with Crippen LogP contribution < -0.4 is 31.8 Å². The van der Waals surface area contributed by atoms with E-state index in [2.05, 4.69) is 242 Å².